The fourth-order valence-corrected chi connectivity index (χ4v) is 2.87. The molecule has 0 radical (unpaired) electrons. The number of benzene rings is 1. The van der Waals surface area contributed by atoms with E-state index in [4.69, 9.17) is 0 Å². The maximum absolute atomic E-state index is 11.6. The number of nitrogens with zero attached hydrogens (tertiary/aromatic N) is 1. The van der Waals surface area contributed by atoms with Gasteiger partial charge >= 0.3 is 0 Å². The summed E-state index contributed by atoms with van der Waals surface area (Å²) in [7, 11) is -3.10. The Bertz CT molecular complexity index is 557. The minimum Gasteiger partial charge on any atom is -0.245 e. The lowest BCUT2D eigenvalue weighted by Gasteiger charge is -2.01. The molecule has 5 heteroatoms. The zero-order chi connectivity index (χ0) is 11.6. The maximum Gasteiger partial charge on any atom is 0.178 e. The van der Waals surface area contributed by atoms with Crippen LogP contribution < -0.4 is 0 Å². The molecule has 0 bridgehead atoms. The fourth-order valence-electron chi connectivity index (χ4n) is 1.34. The van der Waals surface area contributed by atoms with Crippen LogP contribution in [0.15, 0.2) is 40.7 Å². The molecule has 1 aromatic heterocycles. The van der Waals surface area contributed by atoms with E-state index in [1.807, 2.05) is 5.38 Å². The summed E-state index contributed by atoms with van der Waals surface area (Å²) < 4.78 is 23.2. The van der Waals surface area contributed by atoms with E-state index < -0.39 is 9.84 Å². The quantitative estimate of drug-likeness (QED) is 0.844. The van der Waals surface area contributed by atoms with Gasteiger partial charge in [-0.05, 0) is 12.1 Å². The van der Waals surface area contributed by atoms with Crippen LogP contribution >= 0.6 is 11.3 Å². The van der Waals surface area contributed by atoms with Gasteiger partial charge in [0.25, 0.3) is 0 Å². The number of hydrogen-bond donors (Lipinski definition) is 0. The summed E-state index contributed by atoms with van der Waals surface area (Å²) in [5.74, 6) is 0.129. The van der Waals surface area contributed by atoms with E-state index in [1.165, 1.54) is 11.3 Å². The van der Waals surface area contributed by atoms with Crippen LogP contribution in [0.25, 0.3) is 10.6 Å². The van der Waals surface area contributed by atoms with Crippen molar-refractivity contribution in [3.05, 3.63) is 35.8 Å². The molecule has 1 heterocycles. The second-order valence-corrected chi connectivity index (χ2v) is 6.44. The molecule has 0 amide bonds. The highest BCUT2D eigenvalue weighted by atomic mass is 32.2. The highest BCUT2D eigenvalue weighted by molar-refractivity contribution is 7.91. The van der Waals surface area contributed by atoms with Crippen LogP contribution in [-0.4, -0.2) is 19.2 Å². The van der Waals surface area contributed by atoms with E-state index in [2.05, 4.69) is 4.98 Å². The molecule has 1 aromatic carbocycles. The predicted molar refractivity (Wildman–Crippen MR) is 65.3 cm³/mol. The molecular weight excluding hydrogens is 242 g/mol. The smallest absolute Gasteiger partial charge is 0.178 e. The number of sulfone groups is 1. The summed E-state index contributed by atoms with van der Waals surface area (Å²) in [6.07, 6.45) is 1.73. The van der Waals surface area contributed by atoms with Gasteiger partial charge in [-0.15, -0.1) is 11.3 Å². The third-order valence-electron chi connectivity index (χ3n) is 2.27. The minimum absolute atomic E-state index is 0.129. The molecule has 0 saturated carbocycles. The average molecular weight is 253 g/mol. The number of thiazole rings is 1. The molecule has 0 atom stereocenters. The van der Waals surface area contributed by atoms with E-state index in [0.717, 1.165) is 10.6 Å². The van der Waals surface area contributed by atoms with Crippen molar-refractivity contribution in [1.29, 1.82) is 0 Å². The van der Waals surface area contributed by atoms with E-state index >= 15 is 0 Å². The van der Waals surface area contributed by atoms with Crippen molar-refractivity contribution in [3.63, 3.8) is 0 Å². The van der Waals surface area contributed by atoms with E-state index in [9.17, 15) is 8.42 Å². The lowest BCUT2D eigenvalue weighted by Crippen LogP contribution is -2.02. The van der Waals surface area contributed by atoms with Crippen molar-refractivity contribution >= 4 is 21.2 Å². The molecule has 0 aliphatic carbocycles. The van der Waals surface area contributed by atoms with Gasteiger partial charge in [0.1, 0.15) is 5.01 Å². The lowest BCUT2D eigenvalue weighted by atomic mass is 10.2. The first-order valence-electron chi connectivity index (χ1n) is 4.86. The molecule has 3 nitrogen and oxygen atoms in total. The largest absolute Gasteiger partial charge is 0.245 e. The summed E-state index contributed by atoms with van der Waals surface area (Å²) in [6, 6.07) is 6.86. The van der Waals surface area contributed by atoms with Crippen molar-refractivity contribution in [2.75, 3.05) is 5.75 Å². The summed E-state index contributed by atoms with van der Waals surface area (Å²) >= 11 is 1.53. The summed E-state index contributed by atoms with van der Waals surface area (Å²) in [4.78, 5) is 4.54. The van der Waals surface area contributed by atoms with Gasteiger partial charge in [0.15, 0.2) is 9.84 Å². The Kier molecular flexibility index (Phi) is 3.07. The molecule has 0 aliphatic rings. The normalized spacial score (nSPS) is 11.6. The Hall–Kier alpha value is -1.20. The molecule has 0 saturated heterocycles. The molecule has 0 aliphatic heterocycles. The monoisotopic (exact) mass is 253 g/mol. The summed E-state index contributed by atoms with van der Waals surface area (Å²) in [5, 5.41) is 2.80. The Morgan fingerprint density at radius 3 is 2.44 bits per heavy atom. The van der Waals surface area contributed by atoms with E-state index in [-0.39, 0.29) is 5.75 Å². The van der Waals surface area contributed by atoms with Crippen molar-refractivity contribution in [3.8, 4) is 10.6 Å². The first-order chi connectivity index (χ1) is 7.63. The number of aromatic nitrogens is 1. The molecule has 0 fully saturated rings. The van der Waals surface area contributed by atoms with Gasteiger partial charge in [0, 0.05) is 17.1 Å². The van der Waals surface area contributed by atoms with Gasteiger partial charge in [-0.2, -0.15) is 0 Å². The van der Waals surface area contributed by atoms with Crippen LogP contribution in [0.2, 0.25) is 0 Å². The van der Waals surface area contributed by atoms with Gasteiger partial charge in [-0.25, -0.2) is 13.4 Å². The van der Waals surface area contributed by atoms with E-state index in [0.29, 0.717) is 4.90 Å². The fraction of sp³-hybridized carbons (Fsp3) is 0.182. The van der Waals surface area contributed by atoms with Crippen LogP contribution in [0.1, 0.15) is 6.92 Å². The minimum atomic E-state index is -3.10. The Balaban J connectivity index is 2.38. The van der Waals surface area contributed by atoms with Gasteiger partial charge in [0.2, 0.25) is 0 Å². The van der Waals surface area contributed by atoms with Crippen molar-refractivity contribution in [2.45, 2.75) is 11.8 Å². The van der Waals surface area contributed by atoms with Gasteiger partial charge < -0.3 is 0 Å². The van der Waals surface area contributed by atoms with Crippen LogP contribution in [-0.2, 0) is 9.84 Å². The van der Waals surface area contributed by atoms with Crippen molar-refractivity contribution in [2.24, 2.45) is 0 Å². The molecule has 84 valence electrons. The average Bonchev–Trinajstić information content (AvgIpc) is 2.83. The first-order valence-corrected chi connectivity index (χ1v) is 7.39. The third-order valence-corrected chi connectivity index (χ3v) is 4.85. The Labute approximate surface area is 98.7 Å². The first kappa shape index (κ1) is 11.3. The van der Waals surface area contributed by atoms with Crippen LogP contribution in [0.3, 0.4) is 0 Å². The Morgan fingerprint density at radius 1 is 1.25 bits per heavy atom. The van der Waals surface area contributed by atoms with Crippen molar-refractivity contribution in [1.82, 2.24) is 4.98 Å². The zero-order valence-corrected chi connectivity index (χ0v) is 10.4. The van der Waals surface area contributed by atoms with Gasteiger partial charge in [-0.3, -0.25) is 0 Å². The number of rotatable bonds is 3. The second-order valence-electron chi connectivity index (χ2n) is 3.27. The van der Waals surface area contributed by atoms with Crippen LogP contribution in [0.4, 0.5) is 0 Å². The molecule has 2 rings (SSSR count). The van der Waals surface area contributed by atoms with Gasteiger partial charge in [-0.1, -0.05) is 19.1 Å². The van der Waals surface area contributed by atoms with Crippen LogP contribution in [0.5, 0.6) is 0 Å². The maximum atomic E-state index is 11.6. The van der Waals surface area contributed by atoms with E-state index in [1.54, 1.807) is 37.4 Å². The molecule has 0 spiro atoms. The van der Waals surface area contributed by atoms with Gasteiger partial charge in [0.05, 0.1) is 10.6 Å². The highest BCUT2D eigenvalue weighted by Crippen LogP contribution is 2.23. The topological polar surface area (TPSA) is 47.0 Å². The lowest BCUT2D eigenvalue weighted by molar-refractivity contribution is 0.597. The van der Waals surface area contributed by atoms with Crippen molar-refractivity contribution < 1.29 is 8.42 Å². The SMILES string of the molecule is CCS(=O)(=O)c1ccc(-c2nccs2)cc1. The molecule has 0 N–H and O–H groups in total. The third kappa shape index (κ3) is 2.15. The predicted octanol–water partition coefficient (Wildman–Crippen LogP) is 2.60. The van der Waals surface area contributed by atoms with Crippen LogP contribution in [0, 0.1) is 0 Å². The number of hydrogen-bond acceptors (Lipinski definition) is 4. The summed E-state index contributed by atoms with van der Waals surface area (Å²) in [5.41, 5.74) is 0.949. The Morgan fingerprint density at radius 2 is 1.94 bits per heavy atom. The highest BCUT2D eigenvalue weighted by Gasteiger charge is 2.11. The zero-order valence-electron chi connectivity index (χ0n) is 8.75. The molecular formula is C11H11NO2S2. The standard InChI is InChI=1S/C11H11NO2S2/c1-2-16(13,14)10-5-3-9(4-6-10)11-12-7-8-15-11/h3-8H,2H2,1H3. The summed E-state index contributed by atoms with van der Waals surface area (Å²) in [6.45, 7) is 1.64. The molecule has 16 heavy (non-hydrogen) atoms. The molecule has 2 aromatic rings. The second kappa shape index (κ2) is 4.35. The molecule has 0 unspecified atom stereocenters.